The Morgan fingerprint density at radius 3 is 2.20 bits per heavy atom. The molecule has 1 aromatic heterocycles. The van der Waals surface area contributed by atoms with Crippen LogP contribution in [-0.2, 0) is 29.0 Å². The van der Waals surface area contributed by atoms with Gasteiger partial charge in [-0.05, 0) is 30.9 Å². The second-order valence-corrected chi connectivity index (χ2v) is 10.8. The summed E-state index contributed by atoms with van der Waals surface area (Å²) in [4.78, 5) is 59.7. The Kier molecular flexibility index (Phi) is 7.00. The third-order valence-corrected chi connectivity index (χ3v) is 7.92. The normalized spacial score (nSPS) is 19.0. The summed E-state index contributed by atoms with van der Waals surface area (Å²) in [5.74, 6) is -0.772. The van der Waals surface area contributed by atoms with E-state index in [0.717, 1.165) is 24.2 Å². The molecule has 0 bridgehead atoms. The highest BCUT2D eigenvalue weighted by molar-refractivity contribution is 6.25. The molecule has 2 amide bonds. The number of ketones is 2. The van der Waals surface area contributed by atoms with Crippen molar-refractivity contribution in [2.24, 2.45) is 5.73 Å². The summed E-state index contributed by atoms with van der Waals surface area (Å²) in [5.41, 5.74) is 9.34. The van der Waals surface area contributed by atoms with Crippen molar-refractivity contribution in [2.45, 2.75) is 50.9 Å². The maximum Gasteiger partial charge on any atom is 0.243 e. The number of amides is 2. The number of imidazole rings is 1. The number of Topliss-reactive ketones (excluding diaryl/α,β-unsaturated/α-hetero) is 2. The van der Waals surface area contributed by atoms with Crippen LogP contribution in [0.1, 0.15) is 57.3 Å². The maximum atomic E-state index is 13.7. The van der Waals surface area contributed by atoms with Crippen LogP contribution >= 0.6 is 0 Å². The van der Waals surface area contributed by atoms with E-state index in [4.69, 9.17) is 5.73 Å². The Morgan fingerprint density at radius 2 is 1.56 bits per heavy atom. The molecule has 10 heteroatoms. The van der Waals surface area contributed by atoms with E-state index in [-0.39, 0.29) is 29.6 Å². The average molecular weight is 553 g/mol. The number of nitrogens with zero attached hydrogens (tertiary/aromatic N) is 3. The average Bonchev–Trinajstić information content (AvgIpc) is 3.62. The highest BCUT2D eigenvalue weighted by atomic mass is 16.2. The van der Waals surface area contributed by atoms with Crippen LogP contribution < -0.4 is 16.4 Å². The highest BCUT2D eigenvalue weighted by Gasteiger charge is 2.43. The van der Waals surface area contributed by atoms with Crippen LogP contribution in [0.2, 0.25) is 0 Å². The molecule has 3 heterocycles. The minimum absolute atomic E-state index is 0.150. The van der Waals surface area contributed by atoms with E-state index in [0.29, 0.717) is 42.2 Å². The summed E-state index contributed by atoms with van der Waals surface area (Å²) in [6.07, 6.45) is 1.13. The van der Waals surface area contributed by atoms with E-state index < -0.39 is 24.0 Å². The van der Waals surface area contributed by atoms with Gasteiger partial charge in [-0.3, -0.25) is 19.2 Å². The van der Waals surface area contributed by atoms with Gasteiger partial charge in [0.1, 0.15) is 23.3 Å². The van der Waals surface area contributed by atoms with Crippen molar-refractivity contribution >= 4 is 23.4 Å². The van der Waals surface area contributed by atoms with Gasteiger partial charge in [0.25, 0.3) is 0 Å². The lowest BCUT2D eigenvalue weighted by Gasteiger charge is -2.22. The number of hydrogen-bond acceptors (Lipinski definition) is 7. The quantitative estimate of drug-likeness (QED) is 0.344. The number of hydrogen-bond donors (Lipinski definition) is 3. The molecular weight excluding hydrogens is 520 g/mol. The lowest BCUT2D eigenvalue weighted by atomic mass is 9.95. The largest absolute Gasteiger partial charge is 0.364 e. The minimum Gasteiger partial charge on any atom is -0.364 e. The van der Waals surface area contributed by atoms with Gasteiger partial charge in [-0.25, -0.2) is 4.98 Å². The fourth-order valence-electron chi connectivity index (χ4n) is 5.67. The highest BCUT2D eigenvalue weighted by Crippen LogP contribution is 2.36. The van der Waals surface area contributed by atoms with Gasteiger partial charge in [-0.2, -0.15) is 0 Å². The van der Waals surface area contributed by atoms with Crippen LogP contribution in [-0.4, -0.2) is 63.0 Å². The first-order valence-corrected chi connectivity index (χ1v) is 13.9. The smallest absolute Gasteiger partial charge is 0.243 e. The second kappa shape index (κ2) is 10.8. The van der Waals surface area contributed by atoms with Crippen molar-refractivity contribution in [3.05, 3.63) is 100 Å². The molecule has 10 nitrogen and oxygen atoms in total. The zero-order chi connectivity index (χ0) is 28.7. The summed E-state index contributed by atoms with van der Waals surface area (Å²) < 4.78 is 1.75. The monoisotopic (exact) mass is 552 g/mol. The maximum absolute atomic E-state index is 13.7. The van der Waals surface area contributed by atoms with Gasteiger partial charge in [-0.1, -0.05) is 60.7 Å². The van der Waals surface area contributed by atoms with E-state index in [1.807, 2.05) is 65.6 Å². The summed E-state index contributed by atoms with van der Waals surface area (Å²) in [6.45, 7) is 3.63. The summed E-state index contributed by atoms with van der Waals surface area (Å²) >= 11 is 0. The Balaban J connectivity index is 1.20. The molecule has 0 radical (unpaired) electrons. The van der Waals surface area contributed by atoms with Gasteiger partial charge >= 0.3 is 0 Å². The zero-order valence-electron chi connectivity index (χ0n) is 22.8. The molecule has 2 aromatic carbocycles. The molecule has 41 heavy (non-hydrogen) atoms. The number of nitrogens with one attached hydrogen (secondary N) is 2. The van der Waals surface area contributed by atoms with Gasteiger partial charge in [0.15, 0.2) is 0 Å². The number of carbonyl (C=O) groups excluding carboxylic acids is 4. The first-order chi connectivity index (χ1) is 19.8. The van der Waals surface area contributed by atoms with Crippen LogP contribution in [0, 0.1) is 0 Å². The van der Waals surface area contributed by atoms with Crippen molar-refractivity contribution in [3.8, 4) is 0 Å². The van der Waals surface area contributed by atoms with E-state index in [1.54, 1.807) is 11.5 Å². The van der Waals surface area contributed by atoms with E-state index in [2.05, 4.69) is 15.6 Å². The molecule has 3 atom stereocenters. The van der Waals surface area contributed by atoms with E-state index >= 15 is 0 Å². The molecule has 0 saturated carbocycles. The summed E-state index contributed by atoms with van der Waals surface area (Å²) in [5, 5.41) is 5.87. The standard InChI is InChI=1S/C31H32N6O4/c1-18-25(36-14-15-36)28(39)24-26(27(18)38)37-13-12-22(29(37)35-24)33-31(41)23(17-20-10-6-3-7-11-20)34-30(40)21(32)16-19-8-4-2-5-9-19/h2-11,21-23H,12-17,32H2,1H3,(H,33,41)(H,34,40)/t21-,22+,23-/m1/s1. The lowest BCUT2D eigenvalue weighted by Crippen LogP contribution is -2.53. The number of carbonyl (C=O) groups is 4. The molecular formula is C31H32N6O4. The Morgan fingerprint density at radius 1 is 0.927 bits per heavy atom. The van der Waals surface area contributed by atoms with Gasteiger partial charge in [0.05, 0.1) is 17.8 Å². The first-order valence-electron chi connectivity index (χ1n) is 13.9. The number of aromatic nitrogens is 2. The number of allylic oxidation sites excluding steroid dienone is 2. The third-order valence-electron chi connectivity index (χ3n) is 7.92. The molecule has 1 saturated heterocycles. The number of rotatable bonds is 9. The van der Waals surface area contributed by atoms with Gasteiger partial charge < -0.3 is 25.8 Å². The number of nitrogens with two attached hydrogens (primary N) is 1. The first kappa shape index (κ1) is 26.6. The van der Waals surface area contributed by atoms with E-state index in [9.17, 15) is 19.2 Å². The SMILES string of the molecule is CC1=C(N2CC2)C(=O)c2nc3n(c2C1=O)CC[C@@H]3NC(=O)[C@@H](Cc1ccccc1)NC(=O)[C@H](N)Cc1ccccc1. The van der Waals surface area contributed by atoms with Crippen LogP contribution in [0.3, 0.4) is 0 Å². The van der Waals surface area contributed by atoms with Gasteiger partial charge in [0, 0.05) is 31.6 Å². The zero-order valence-corrected chi connectivity index (χ0v) is 22.8. The molecule has 2 aliphatic heterocycles. The number of benzene rings is 2. The van der Waals surface area contributed by atoms with Crippen molar-refractivity contribution in [2.75, 3.05) is 13.1 Å². The van der Waals surface area contributed by atoms with Crippen LogP contribution in [0.4, 0.5) is 0 Å². The molecule has 3 aromatic rings. The minimum atomic E-state index is -0.883. The predicted molar refractivity (Wildman–Crippen MR) is 151 cm³/mol. The molecule has 210 valence electrons. The number of fused-ring (bicyclic) bond motifs is 3. The van der Waals surface area contributed by atoms with Gasteiger partial charge in [0.2, 0.25) is 23.4 Å². The van der Waals surface area contributed by atoms with Crippen LogP contribution in [0.5, 0.6) is 0 Å². The Labute approximate surface area is 237 Å². The van der Waals surface area contributed by atoms with Crippen LogP contribution in [0.15, 0.2) is 71.9 Å². The second-order valence-electron chi connectivity index (χ2n) is 10.8. The van der Waals surface area contributed by atoms with Crippen molar-refractivity contribution in [1.82, 2.24) is 25.1 Å². The fourth-order valence-corrected chi connectivity index (χ4v) is 5.67. The van der Waals surface area contributed by atoms with Crippen molar-refractivity contribution in [1.29, 1.82) is 0 Å². The summed E-state index contributed by atoms with van der Waals surface area (Å²) in [6, 6.07) is 16.7. The molecule has 3 aliphatic rings. The Bertz CT molecular complexity index is 1560. The molecule has 4 N–H and O–H groups in total. The molecule has 0 spiro atoms. The van der Waals surface area contributed by atoms with E-state index in [1.165, 1.54) is 0 Å². The fraction of sp³-hybridized carbons (Fsp3) is 0.323. The van der Waals surface area contributed by atoms with Crippen molar-refractivity contribution in [3.63, 3.8) is 0 Å². The topological polar surface area (TPSA) is 139 Å². The Hall–Kier alpha value is -4.57. The predicted octanol–water partition coefficient (Wildman–Crippen LogP) is 1.71. The van der Waals surface area contributed by atoms with Crippen LogP contribution in [0.25, 0.3) is 0 Å². The van der Waals surface area contributed by atoms with Crippen molar-refractivity contribution < 1.29 is 19.2 Å². The lowest BCUT2D eigenvalue weighted by molar-refractivity contribution is -0.130. The van der Waals surface area contributed by atoms with Gasteiger partial charge in [-0.15, -0.1) is 0 Å². The summed E-state index contributed by atoms with van der Waals surface area (Å²) in [7, 11) is 0. The molecule has 1 fully saturated rings. The molecule has 0 unspecified atom stereocenters. The third kappa shape index (κ3) is 5.18. The molecule has 1 aliphatic carbocycles. The molecule has 6 rings (SSSR count).